The lowest BCUT2D eigenvalue weighted by molar-refractivity contribution is 0.827. The van der Waals surface area contributed by atoms with E-state index in [2.05, 4.69) is 65.0 Å². The third-order valence-corrected chi connectivity index (χ3v) is 4.47. The molecule has 0 fully saturated rings. The average molecular weight is 323 g/mol. The van der Waals surface area contributed by atoms with Gasteiger partial charge in [0, 0.05) is 34.6 Å². The Morgan fingerprint density at radius 2 is 1.72 bits per heavy atom. The van der Waals surface area contributed by atoms with Crippen LogP contribution in [-0.4, -0.2) is 10.8 Å². The Hall–Kier alpha value is -3.38. The van der Waals surface area contributed by atoms with Crippen LogP contribution < -0.4 is 0 Å². The number of hydrogen-bond donors (Lipinski definition) is 0. The molecular weight excluding hydrogens is 306 g/mol. The summed E-state index contributed by atoms with van der Waals surface area (Å²) in [6.07, 6.45) is 1.87. The summed E-state index contributed by atoms with van der Waals surface area (Å²) in [5, 5.41) is 11.4. The molecule has 0 saturated carbocycles. The number of hydrogen-bond acceptors (Lipinski definition) is 2. The maximum Gasteiger partial charge on any atom is 0.0991 e. The zero-order valence-electron chi connectivity index (χ0n) is 14.0. The molecule has 3 heteroatoms. The van der Waals surface area contributed by atoms with Crippen molar-refractivity contribution >= 4 is 33.7 Å². The van der Waals surface area contributed by atoms with Crippen LogP contribution in [0.25, 0.3) is 21.8 Å². The fourth-order valence-electron chi connectivity index (χ4n) is 3.26. The standard InChI is InChI=1S/C22H17N3/c1-2-25-21-6-4-3-5-19(21)20-13-17(9-12-22(20)25)15-24-18-10-7-16(14-23)8-11-18/h3-13,15H,2H2,1H3. The lowest BCUT2D eigenvalue weighted by atomic mass is 10.1. The minimum atomic E-state index is 0.646. The van der Waals surface area contributed by atoms with Crippen LogP contribution in [0.1, 0.15) is 18.1 Å². The van der Waals surface area contributed by atoms with Crippen LogP contribution in [0.5, 0.6) is 0 Å². The second-order valence-corrected chi connectivity index (χ2v) is 5.95. The lowest BCUT2D eigenvalue weighted by Gasteiger charge is -2.02. The van der Waals surface area contributed by atoms with Gasteiger partial charge in [0.2, 0.25) is 0 Å². The topological polar surface area (TPSA) is 41.1 Å². The molecular formula is C22H17N3. The summed E-state index contributed by atoms with van der Waals surface area (Å²) in [6, 6.07) is 24.4. The highest BCUT2D eigenvalue weighted by molar-refractivity contribution is 6.09. The fourth-order valence-corrected chi connectivity index (χ4v) is 3.26. The molecule has 0 bridgehead atoms. The van der Waals surface area contributed by atoms with E-state index in [-0.39, 0.29) is 0 Å². The number of nitriles is 1. The summed E-state index contributed by atoms with van der Waals surface area (Å²) in [6.45, 7) is 3.12. The molecule has 0 N–H and O–H groups in total. The van der Waals surface area contributed by atoms with Gasteiger partial charge in [-0.1, -0.05) is 24.3 Å². The third-order valence-electron chi connectivity index (χ3n) is 4.47. The van der Waals surface area contributed by atoms with E-state index in [1.54, 1.807) is 12.1 Å². The van der Waals surface area contributed by atoms with Gasteiger partial charge in [-0.15, -0.1) is 0 Å². The van der Waals surface area contributed by atoms with Crippen LogP contribution in [0.3, 0.4) is 0 Å². The molecule has 1 aromatic heterocycles. The quantitative estimate of drug-likeness (QED) is 0.463. The molecule has 0 saturated heterocycles. The first kappa shape index (κ1) is 15.2. The van der Waals surface area contributed by atoms with Gasteiger partial charge in [-0.3, -0.25) is 4.99 Å². The SMILES string of the molecule is CCn1c2ccccc2c2cc(C=Nc3ccc(C#N)cc3)ccc21. The highest BCUT2D eigenvalue weighted by atomic mass is 15.0. The van der Waals surface area contributed by atoms with Crippen molar-refractivity contribution < 1.29 is 0 Å². The van der Waals surface area contributed by atoms with Gasteiger partial charge in [-0.05, 0) is 55.0 Å². The summed E-state index contributed by atoms with van der Waals surface area (Å²) >= 11 is 0. The summed E-state index contributed by atoms with van der Waals surface area (Å²) < 4.78 is 2.34. The molecule has 0 aliphatic heterocycles. The van der Waals surface area contributed by atoms with Gasteiger partial charge < -0.3 is 4.57 Å². The minimum Gasteiger partial charge on any atom is -0.341 e. The number of para-hydroxylation sites is 1. The molecule has 4 aromatic rings. The molecule has 0 unspecified atom stereocenters. The van der Waals surface area contributed by atoms with Crippen LogP contribution in [0.4, 0.5) is 5.69 Å². The van der Waals surface area contributed by atoms with Crippen molar-refractivity contribution in [2.45, 2.75) is 13.5 Å². The molecule has 0 aliphatic carbocycles. The van der Waals surface area contributed by atoms with Crippen molar-refractivity contribution in [3.8, 4) is 6.07 Å². The normalized spacial score (nSPS) is 11.4. The molecule has 0 spiro atoms. The maximum absolute atomic E-state index is 8.86. The maximum atomic E-state index is 8.86. The third kappa shape index (κ3) is 2.68. The number of aliphatic imine (C=N–C) groups is 1. The molecule has 3 aromatic carbocycles. The monoisotopic (exact) mass is 323 g/mol. The summed E-state index contributed by atoms with van der Waals surface area (Å²) in [4.78, 5) is 4.52. The Morgan fingerprint density at radius 3 is 2.48 bits per heavy atom. The average Bonchev–Trinajstić information content (AvgIpc) is 3.00. The predicted octanol–water partition coefficient (Wildman–Crippen LogP) is 5.44. The fraction of sp³-hybridized carbons (Fsp3) is 0.0909. The van der Waals surface area contributed by atoms with E-state index in [1.807, 2.05) is 18.3 Å². The van der Waals surface area contributed by atoms with Crippen LogP contribution in [0.15, 0.2) is 71.7 Å². The number of aryl methyl sites for hydroxylation is 1. The van der Waals surface area contributed by atoms with E-state index in [4.69, 9.17) is 5.26 Å². The highest BCUT2D eigenvalue weighted by Gasteiger charge is 2.08. The van der Waals surface area contributed by atoms with E-state index < -0.39 is 0 Å². The van der Waals surface area contributed by atoms with Crippen LogP contribution >= 0.6 is 0 Å². The highest BCUT2D eigenvalue weighted by Crippen LogP contribution is 2.29. The van der Waals surface area contributed by atoms with Crippen molar-refractivity contribution in [3.63, 3.8) is 0 Å². The molecule has 4 rings (SSSR count). The Balaban J connectivity index is 1.77. The van der Waals surface area contributed by atoms with Crippen molar-refractivity contribution in [1.29, 1.82) is 5.26 Å². The van der Waals surface area contributed by atoms with Crippen molar-refractivity contribution in [2.75, 3.05) is 0 Å². The molecule has 0 amide bonds. The van der Waals surface area contributed by atoms with Gasteiger partial charge in [-0.25, -0.2) is 0 Å². The first-order valence-electron chi connectivity index (χ1n) is 8.35. The number of fused-ring (bicyclic) bond motifs is 3. The Bertz CT molecular complexity index is 1130. The van der Waals surface area contributed by atoms with Gasteiger partial charge in [0.25, 0.3) is 0 Å². The zero-order valence-corrected chi connectivity index (χ0v) is 14.0. The molecule has 120 valence electrons. The Kier molecular flexibility index (Phi) is 3.80. The van der Waals surface area contributed by atoms with Crippen molar-refractivity contribution in [3.05, 3.63) is 77.9 Å². The van der Waals surface area contributed by atoms with Gasteiger partial charge in [0.1, 0.15) is 0 Å². The first-order valence-corrected chi connectivity index (χ1v) is 8.35. The van der Waals surface area contributed by atoms with E-state index in [0.717, 1.165) is 17.8 Å². The number of rotatable bonds is 3. The van der Waals surface area contributed by atoms with Crippen molar-refractivity contribution in [1.82, 2.24) is 4.57 Å². The number of aromatic nitrogens is 1. The van der Waals surface area contributed by atoms with Gasteiger partial charge in [-0.2, -0.15) is 5.26 Å². The minimum absolute atomic E-state index is 0.646. The molecule has 1 heterocycles. The Morgan fingerprint density at radius 1 is 0.960 bits per heavy atom. The predicted molar refractivity (Wildman–Crippen MR) is 104 cm³/mol. The molecule has 3 nitrogen and oxygen atoms in total. The van der Waals surface area contributed by atoms with E-state index >= 15 is 0 Å². The zero-order chi connectivity index (χ0) is 17.2. The smallest absolute Gasteiger partial charge is 0.0991 e. The molecule has 25 heavy (non-hydrogen) atoms. The van der Waals surface area contributed by atoms with E-state index in [1.165, 1.54) is 21.8 Å². The summed E-state index contributed by atoms with van der Waals surface area (Å²) in [5.74, 6) is 0. The Labute approximate surface area is 146 Å². The summed E-state index contributed by atoms with van der Waals surface area (Å²) in [7, 11) is 0. The van der Waals surface area contributed by atoms with Crippen LogP contribution in [0.2, 0.25) is 0 Å². The molecule has 0 aliphatic rings. The number of benzene rings is 3. The summed E-state index contributed by atoms with van der Waals surface area (Å²) in [5.41, 5.74) is 5.07. The number of nitrogens with zero attached hydrogens (tertiary/aromatic N) is 3. The van der Waals surface area contributed by atoms with Gasteiger partial charge >= 0.3 is 0 Å². The first-order chi connectivity index (χ1) is 12.3. The van der Waals surface area contributed by atoms with Gasteiger partial charge in [0.05, 0.1) is 17.3 Å². The molecule has 0 atom stereocenters. The largest absolute Gasteiger partial charge is 0.341 e. The molecule has 0 radical (unpaired) electrons. The van der Waals surface area contributed by atoms with Crippen LogP contribution in [0, 0.1) is 11.3 Å². The second-order valence-electron chi connectivity index (χ2n) is 5.95. The van der Waals surface area contributed by atoms with Crippen LogP contribution in [-0.2, 0) is 6.54 Å². The van der Waals surface area contributed by atoms with Gasteiger partial charge in [0.15, 0.2) is 0 Å². The van der Waals surface area contributed by atoms with Crippen molar-refractivity contribution in [2.24, 2.45) is 4.99 Å². The van der Waals surface area contributed by atoms with E-state index in [9.17, 15) is 0 Å². The second kappa shape index (κ2) is 6.26. The van der Waals surface area contributed by atoms with E-state index in [0.29, 0.717) is 5.56 Å². The lowest BCUT2D eigenvalue weighted by Crippen LogP contribution is -1.92.